The molecule has 3 nitrogen and oxygen atoms in total. The molecule has 1 aliphatic carbocycles. The van der Waals surface area contributed by atoms with Gasteiger partial charge < -0.3 is 0 Å². The Morgan fingerprint density at radius 3 is 2.44 bits per heavy atom. The van der Waals surface area contributed by atoms with Crippen molar-refractivity contribution in [2.75, 3.05) is 13.1 Å². The van der Waals surface area contributed by atoms with Crippen LogP contribution >= 0.6 is 0 Å². The highest BCUT2D eigenvalue weighted by Crippen LogP contribution is 2.38. The Labute approximate surface area is 162 Å². The van der Waals surface area contributed by atoms with Crippen molar-refractivity contribution in [2.24, 2.45) is 5.92 Å². The zero-order valence-electron chi connectivity index (χ0n) is 15.6. The highest BCUT2D eigenvalue weighted by Gasteiger charge is 2.37. The topological polar surface area (TPSA) is 37.4 Å². The van der Waals surface area contributed by atoms with Crippen LogP contribution in [0.1, 0.15) is 30.4 Å². The molecule has 0 saturated carbocycles. The van der Waals surface area contributed by atoms with Crippen LogP contribution in [-0.2, 0) is 10.0 Å². The predicted molar refractivity (Wildman–Crippen MR) is 110 cm³/mol. The summed E-state index contributed by atoms with van der Waals surface area (Å²) in [6.45, 7) is 3.05. The van der Waals surface area contributed by atoms with E-state index in [-0.39, 0.29) is 0 Å². The van der Waals surface area contributed by atoms with Crippen LogP contribution < -0.4 is 0 Å². The van der Waals surface area contributed by atoms with Gasteiger partial charge in [-0.3, -0.25) is 0 Å². The molecule has 0 radical (unpaired) electrons. The second kappa shape index (κ2) is 7.45. The standard InChI is InChI=1S/C23H25NO2S/c1-18-12-14-21(15-13-18)27(25,26)24-16-20-10-6-3-7-11-22(23(20)17-24)19-8-4-2-5-9-19/h2-5,7-9,12-15,20H,6,10-11,16-17H2,1H3/b7-3-,23-22+. The normalized spacial score (nSPS) is 24.9. The fraction of sp³-hybridized carbons (Fsp3) is 0.304. The summed E-state index contributed by atoms with van der Waals surface area (Å²) < 4.78 is 28.1. The predicted octanol–water partition coefficient (Wildman–Crippen LogP) is 4.81. The molecule has 2 aromatic rings. The van der Waals surface area contributed by atoms with Crippen molar-refractivity contribution >= 4 is 15.6 Å². The van der Waals surface area contributed by atoms with Crippen molar-refractivity contribution in [2.45, 2.75) is 31.1 Å². The van der Waals surface area contributed by atoms with Gasteiger partial charge in [-0.2, -0.15) is 4.31 Å². The van der Waals surface area contributed by atoms with E-state index in [4.69, 9.17) is 0 Å². The molecule has 0 amide bonds. The van der Waals surface area contributed by atoms with Gasteiger partial charge in [0.05, 0.1) is 4.90 Å². The number of aryl methyl sites for hydroxylation is 1. The molecular weight excluding hydrogens is 354 g/mol. The molecule has 2 aromatic carbocycles. The third-order valence-corrected chi connectivity index (χ3v) is 7.43. The number of hydrogen-bond donors (Lipinski definition) is 0. The Kier molecular flexibility index (Phi) is 5.02. The maximum atomic E-state index is 13.2. The number of rotatable bonds is 3. The van der Waals surface area contributed by atoms with Gasteiger partial charge in [-0.1, -0.05) is 60.2 Å². The molecule has 1 saturated heterocycles. The van der Waals surface area contributed by atoms with Crippen LogP contribution in [0.25, 0.3) is 5.57 Å². The number of allylic oxidation sites excluding steroid dienone is 3. The Hall–Kier alpha value is -2.17. The first-order valence-electron chi connectivity index (χ1n) is 9.55. The van der Waals surface area contributed by atoms with E-state index in [1.165, 1.54) is 16.7 Å². The average molecular weight is 380 g/mol. The van der Waals surface area contributed by atoms with E-state index in [1.807, 2.05) is 25.1 Å². The summed E-state index contributed by atoms with van der Waals surface area (Å²) in [5.41, 5.74) is 4.86. The Balaban J connectivity index is 1.72. The highest BCUT2D eigenvalue weighted by atomic mass is 32.2. The summed E-state index contributed by atoms with van der Waals surface area (Å²) in [7, 11) is -3.46. The van der Waals surface area contributed by atoms with Crippen LogP contribution in [0.4, 0.5) is 0 Å². The highest BCUT2D eigenvalue weighted by molar-refractivity contribution is 7.89. The van der Waals surface area contributed by atoms with E-state index in [1.54, 1.807) is 16.4 Å². The number of fused-ring (bicyclic) bond motifs is 1. The van der Waals surface area contributed by atoms with Gasteiger partial charge in [0, 0.05) is 13.1 Å². The number of benzene rings is 2. The van der Waals surface area contributed by atoms with Crippen molar-refractivity contribution < 1.29 is 8.42 Å². The maximum Gasteiger partial charge on any atom is 0.243 e. The fourth-order valence-electron chi connectivity index (χ4n) is 4.08. The molecule has 4 heteroatoms. The molecule has 27 heavy (non-hydrogen) atoms. The molecule has 1 unspecified atom stereocenters. The van der Waals surface area contributed by atoms with Gasteiger partial charge in [0.2, 0.25) is 10.0 Å². The van der Waals surface area contributed by atoms with Crippen LogP contribution in [0.2, 0.25) is 0 Å². The van der Waals surface area contributed by atoms with E-state index < -0.39 is 10.0 Å². The molecule has 0 N–H and O–H groups in total. The lowest BCUT2D eigenvalue weighted by Crippen LogP contribution is -2.29. The molecule has 1 heterocycles. The van der Waals surface area contributed by atoms with Gasteiger partial charge >= 0.3 is 0 Å². The Morgan fingerprint density at radius 1 is 0.963 bits per heavy atom. The van der Waals surface area contributed by atoms with Gasteiger partial charge in [0.1, 0.15) is 0 Å². The zero-order valence-corrected chi connectivity index (χ0v) is 16.5. The molecular formula is C23H25NO2S. The first-order chi connectivity index (χ1) is 13.1. The van der Waals surface area contributed by atoms with Crippen molar-refractivity contribution in [3.05, 3.63) is 83.4 Å². The summed E-state index contributed by atoms with van der Waals surface area (Å²) in [6.07, 6.45) is 7.34. The first-order valence-corrected chi connectivity index (χ1v) is 11.0. The molecule has 2 aliphatic rings. The molecule has 0 aromatic heterocycles. The summed E-state index contributed by atoms with van der Waals surface area (Å²) in [4.78, 5) is 0.391. The third-order valence-electron chi connectivity index (χ3n) is 5.60. The zero-order chi connectivity index (χ0) is 18.9. The smallest absolute Gasteiger partial charge is 0.207 e. The van der Waals surface area contributed by atoms with Crippen LogP contribution in [0, 0.1) is 12.8 Å². The summed E-state index contributed by atoms with van der Waals surface area (Å²) >= 11 is 0. The molecule has 1 aliphatic heterocycles. The second-order valence-corrected chi connectivity index (χ2v) is 9.37. The SMILES string of the molecule is Cc1ccc(S(=O)(=O)N2C/C3=C(\c4ccccc4)C/C=C\CCC3C2)cc1. The first kappa shape index (κ1) is 18.2. The second-order valence-electron chi connectivity index (χ2n) is 7.43. The third kappa shape index (κ3) is 3.64. The van der Waals surface area contributed by atoms with Crippen LogP contribution in [0.5, 0.6) is 0 Å². The summed E-state index contributed by atoms with van der Waals surface area (Å²) in [6, 6.07) is 17.6. The number of nitrogens with zero attached hydrogens (tertiary/aromatic N) is 1. The van der Waals surface area contributed by atoms with Gasteiger partial charge in [-0.05, 0) is 60.9 Å². The minimum atomic E-state index is -3.46. The lowest BCUT2D eigenvalue weighted by molar-refractivity contribution is 0.449. The van der Waals surface area contributed by atoms with Gasteiger partial charge in [0.25, 0.3) is 0 Å². The van der Waals surface area contributed by atoms with E-state index in [0.29, 0.717) is 23.9 Å². The van der Waals surface area contributed by atoms with Crippen molar-refractivity contribution in [3.63, 3.8) is 0 Å². The molecule has 0 spiro atoms. The fourth-order valence-corrected chi connectivity index (χ4v) is 5.54. The number of hydrogen-bond acceptors (Lipinski definition) is 2. The Bertz CT molecular complexity index is 973. The minimum Gasteiger partial charge on any atom is -0.207 e. The van der Waals surface area contributed by atoms with E-state index >= 15 is 0 Å². The van der Waals surface area contributed by atoms with E-state index in [0.717, 1.165) is 24.8 Å². The summed E-state index contributed by atoms with van der Waals surface area (Å²) in [5.74, 6) is 0.297. The molecule has 1 atom stereocenters. The quantitative estimate of drug-likeness (QED) is 0.718. The molecule has 4 rings (SSSR count). The van der Waals surface area contributed by atoms with E-state index in [2.05, 4.69) is 36.4 Å². The maximum absolute atomic E-state index is 13.2. The van der Waals surface area contributed by atoms with Crippen molar-refractivity contribution in [1.29, 1.82) is 0 Å². The summed E-state index contributed by atoms with van der Waals surface area (Å²) in [5, 5.41) is 0. The lowest BCUT2D eigenvalue weighted by Gasteiger charge is -2.18. The lowest BCUT2D eigenvalue weighted by atomic mass is 9.86. The van der Waals surface area contributed by atoms with Crippen molar-refractivity contribution in [1.82, 2.24) is 4.31 Å². The molecule has 1 fully saturated rings. The van der Waals surface area contributed by atoms with Crippen LogP contribution in [0.15, 0.2) is 77.2 Å². The monoisotopic (exact) mass is 379 g/mol. The molecule has 140 valence electrons. The van der Waals surface area contributed by atoms with Gasteiger partial charge in [-0.15, -0.1) is 0 Å². The van der Waals surface area contributed by atoms with Crippen LogP contribution in [-0.4, -0.2) is 25.8 Å². The average Bonchev–Trinajstić information content (AvgIpc) is 3.07. The van der Waals surface area contributed by atoms with Gasteiger partial charge in [-0.25, -0.2) is 8.42 Å². The molecule has 0 bridgehead atoms. The van der Waals surface area contributed by atoms with E-state index in [9.17, 15) is 8.42 Å². The van der Waals surface area contributed by atoms with Gasteiger partial charge in [0.15, 0.2) is 0 Å². The Morgan fingerprint density at radius 2 is 1.70 bits per heavy atom. The van der Waals surface area contributed by atoms with Crippen LogP contribution in [0.3, 0.4) is 0 Å². The van der Waals surface area contributed by atoms with Crippen molar-refractivity contribution in [3.8, 4) is 0 Å². The minimum absolute atomic E-state index is 0.297. The largest absolute Gasteiger partial charge is 0.243 e. The number of sulfonamides is 1.